The number of aromatic amines is 1. The molecule has 2 aromatic rings. The molecule has 2 rings (SSSR count). The van der Waals surface area contributed by atoms with Crippen molar-refractivity contribution in [3.05, 3.63) is 56.6 Å². The number of aromatic nitrogens is 1. The Labute approximate surface area is 119 Å². The van der Waals surface area contributed by atoms with Crippen molar-refractivity contribution in [1.82, 2.24) is 10.3 Å². The van der Waals surface area contributed by atoms with Crippen molar-refractivity contribution in [1.29, 1.82) is 0 Å². The highest BCUT2D eigenvalue weighted by atomic mass is 32.2. The van der Waals surface area contributed by atoms with Crippen molar-refractivity contribution in [2.75, 3.05) is 12.3 Å². The van der Waals surface area contributed by atoms with Crippen LogP contribution in [0, 0.1) is 0 Å². The van der Waals surface area contributed by atoms with Gasteiger partial charge >= 0.3 is 0 Å². The van der Waals surface area contributed by atoms with Gasteiger partial charge in [0, 0.05) is 24.2 Å². The van der Waals surface area contributed by atoms with Crippen LogP contribution < -0.4 is 10.9 Å². The summed E-state index contributed by atoms with van der Waals surface area (Å²) in [4.78, 5) is 25.6. The van der Waals surface area contributed by atoms with Gasteiger partial charge in [0.05, 0.1) is 0 Å². The molecule has 0 radical (unpaired) electrons. The summed E-state index contributed by atoms with van der Waals surface area (Å²) < 4.78 is 0. The van der Waals surface area contributed by atoms with Crippen LogP contribution in [-0.4, -0.2) is 23.2 Å². The Bertz CT molecular complexity index is 578. The third-order valence-electron chi connectivity index (χ3n) is 2.44. The summed E-state index contributed by atoms with van der Waals surface area (Å²) in [5, 5.41) is 6.92. The van der Waals surface area contributed by atoms with Crippen molar-refractivity contribution in [2.45, 2.75) is 5.75 Å². The van der Waals surface area contributed by atoms with E-state index in [0.717, 1.165) is 11.5 Å². The highest BCUT2D eigenvalue weighted by Crippen LogP contribution is 2.14. The topological polar surface area (TPSA) is 62.0 Å². The Morgan fingerprint density at radius 2 is 2.32 bits per heavy atom. The monoisotopic (exact) mass is 294 g/mol. The molecule has 6 heteroatoms. The normalized spacial score (nSPS) is 10.3. The average Bonchev–Trinajstić information content (AvgIpc) is 2.92. The fourth-order valence-electron chi connectivity index (χ4n) is 1.50. The van der Waals surface area contributed by atoms with E-state index in [9.17, 15) is 9.59 Å². The lowest BCUT2D eigenvalue weighted by Gasteiger charge is -2.04. The zero-order valence-corrected chi connectivity index (χ0v) is 11.9. The van der Waals surface area contributed by atoms with Gasteiger partial charge in [0.25, 0.3) is 11.5 Å². The van der Waals surface area contributed by atoms with Crippen LogP contribution in [-0.2, 0) is 5.75 Å². The maximum Gasteiger partial charge on any atom is 0.260 e. The SMILES string of the molecule is O=C(NCCSCc1ccsc1)c1ccc[nH]c1=O. The van der Waals surface area contributed by atoms with E-state index in [4.69, 9.17) is 0 Å². The molecule has 0 aromatic carbocycles. The first-order valence-electron chi connectivity index (χ1n) is 5.82. The van der Waals surface area contributed by atoms with Gasteiger partial charge in [-0.2, -0.15) is 23.1 Å². The number of H-pyrrole nitrogens is 1. The first-order valence-corrected chi connectivity index (χ1v) is 7.92. The van der Waals surface area contributed by atoms with Crippen LogP contribution in [0.15, 0.2) is 40.0 Å². The minimum absolute atomic E-state index is 0.158. The van der Waals surface area contributed by atoms with Gasteiger partial charge in [0.1, 0.15) is 5.56 Å². The molecule has 0 aliphatic carbocycles. The molecule has 1 amide bonds. The molecule has 0 fully saturated rings. The van der Waals surface area contributed by atoms with Crippen molar-refractivity contribution in [3.63, 3.8) is 0 Å². The summed E-state index contributed by atoms with van der Waals surface area (Å²) >= 11 is 3.44. The van der Waals surface area contributed by atoms with Gasteiger partial charge in [-0.25, -0.2) is 0 Å². The van der Waals surface area contributed by atoms with Crippen LogP contribution in [0.3, 0.4) is 0 Å². The molecule has 0 atom stereocenters. The first-order chi connectivity index (χ1) is 9.27. The summed E-state index contributed by atoms with van der Waals surface area (Å²) in [6, 6.07) is 5.26. The van der Waals surface area contributed by atoms with E-state index in [1.165, 1.54) is 17.8 Å². The van der Waals surface area contributed by atoms with Crippen LogP contribution >= 0.6 is 23.1 Å². The minimum atomic E-state index is -0.356. The molecule has 0 aliphatic heterocycles. The number of nitrogens with one attached hydrogen (secondary N) is 2. The van der Waals surface area contributed by atoms with Crippen LogP contribution in [0.5, 0.6) is 0 Å². The maximum absolute atomic E-state index is 11.7. The minimum Gasteiger partial charge on any atom is -0.351 e. The molecule has 2 aromatic heterocycles. The molecule has 0 aliphatic rings. The lowest BCUT2D eigenvalue weighted by Crippen LogP contribution is -2.30. The molecule has 0 unspecified atom stereocenters. The van der Waals surface area contributed by atoms with Gasteiger partial charge < -0.3 is 10.3 Å². The largest absolute Gasteiger partial charge is 0.351 e. The summed E-state index contributed by atoms with van der Waals surface area (Å²) in [6.07, 6.45) is 1.51. The highest BCUT2D eigenvalue weighted by Gasteiger charge is 2.08. The van der Waals surface area contributed by atoms with Crippen LogP contribution in [0.25, 0.3) is 0 Å². The number of carbonyl (C=O) groups excluding carboxylic acids is 1. The van der Waals surface area contributed by atoms with Crippen molar-refractivity contribution in [3.8, 4) is 0 Å². The Morgan fingerprint density at radius 3 is 3.05 bits per heavy atom. The number of rotatable bonds is 6. The van der Waals surface area contributed by atoms with Gasteiger partial charge in [-0.1, -0.05) is 0 Å². The molecule has 100 valence electrons. The Balaban J connectivity index is 1.70. The third kappa shape index (κ3) is 4.25. The van der Waals surface area contributed by atoms with E-state index in [1.807, 2.05) is 0 Å². The standard InChI is InChI=1S/C13H14N2O2S2/c16-12-11(2-1-4-14-12)13(17)15-5-7-19-9-10-3-6-18-8-10/h1-4,6,8H,5,7,9H2,(H,14,16)(H,15,17). The quantitative estimate of drug-likeness (QED) is 0.802. The van der Waals surface area contributed by atoms with E-state index < -0.39 is 0 Å². The Kier molecular flexibility index (Phi) is 5.23. The number of amides is 1. The number of pyridine rings is 1. The molecule has 2 heterocycles. The fourth-order valence-corrected chi connectivity index (χ4v) is 3.08. The number of hydrogen-bond acceptors (Lipinski definition) is 4. The zero-order chi connectivity index (χ0) is 13.5. The fraction of sp³-hybridized carbons (Fsp3) is 0.231. The highest BCUT2D eigenvalue weighted by molar-refractivity contribution is 7.98. The first kappa shape index (κ1) is 13.9. The lowest BCUT2D eigenvalue weighted by molar-refractivity contribution is 0.0954. The molecule has 0 bridgehead atoms. The molecule has 4 nitrogen and oxygen atoms in total. The van der Waals surface area contributed by atoms with Gasteiger partial charge in [0.2, 0.25) is 0 Å². The van der Waals surface area contributed by atoms with Gasteiger partial charge in [-0.05, 0) is 34.5 Å². The number of thiophene rings is 1. The smallest absolute Gasteiger partial charge is 0.260 e. The molecule has 0 saturated carbocycles. The van der Waals surface area contributed by atoms with E-state index in [-0.39, 0.29) is 17.0 Å². The maximum atomic E-state index is 11.7. The number of hydrogen-bond donors (Lipinski definition) is 2. The average molecular weight is 294 g/mol. The summed E-state index contributed by atoms with van der Waals surface area (Å²) in [6.45, 7) is 0.558. The molecular weight excluding hydrogens is 280 g/mol. The van der Waals surface area contributed by atoms with Crippen molar-refractivity contribution < 1.29 is 4.79 Å². The van der Waals surface area contributed by atoms with Crippen LogP contribution in [0.4, 0.5) is 0 Å². The second kappa shape index (κ2) is 7.16. The van der Waals surface area contributed by atoms with Crippen LogP contribution in [0.1, 0.15) is 15.9 Å². The number of carbonyl (C=O) groups is 1. The molecular formula is C13H14N2O2S2. The van der Waals surface area contributed by atoms with E-state index in [1.54, 1.807) is 29.2 Å². The summed E-state index contributed by atoms with van der Waals surface area (Å²) in [5.41, 5.74) is 1.11. The molecule has 2 N–H and O–H groups in total. The van der Waals surface area contributed by atoms with E-state index >= 15 is 0 Å². The molecule has 19 heavy (non-hydrogen) atoms. The second-order valence-corrected chi connectivity index (χ2v) is 5.74. The summed E-state index contributed by atoms with van der Waals surface area (Å²) in [7, 11) is 0. The molecule has 0 saturated heterocycles. The molecule has 0 spiro atoms. The number of thioether (sulfide) groups is 1. The third-order valence-corrected chi connectivity index (χ3v) is 4.21. The van der Waals surface area contributed by atoms with Crippen LogP contribution in [0.2, 0.25) is 0 Å². The van der Waals surface area contributed by atoms with Gasteiger partial charge in [0.15, 0.2) is 0 Å². The van der Waals surface area contributed by atoms with E-state index in [0.29, 0.717) is 6.54 Å². The Morgan fingerprint density at radius 1 is 1.42 bits per heavy atom. The van der Waals surface area contributed by atoms with E-state index in [2.05, 4.69) is 27.1 Å². The Hall–Kier alpha value is -1.53. The predicted octanol–water partition coefficient (Wildman–Crippen LogP) is 2.10. The summed E-state index contributed by atoms with van der Waals surface area (Å²) in [5.74, 6) is 1.45. The zero-order valence-electron chi connectivity index (χ0n) is 10.2. The van der Waals surface area contributed by atoms with Gasteiger partial charge in [-0.15, -0.1) is 0 Å². The van der Waals surface area contributed by atoms with Crippen molar-refractivity contribution >= 4 is 29.0 Å². The van der Waals surface area contributed by atoms with Gasteiger partial charge in [-0.3, -0.25) is 9.59 Å². The second-order valence-electron chi connectivity index (χ2n) is 3.85. The lowest BCUT2D eigenvalue weighted by atomic mass is 10.2. The van der Waals surface area contributed by atoms with Crippen molar-refractivity contribution in [2.24, 2.45) is 0 Å². The predicted molar refractivity (Wildman–Crippen MR) is 79.9 cm³/mol.